The molecule has 1 aliphatic carbocycles. The van der Waals surface area contributed by atoms with Crippen molar-refractivity contribution in [3.63, 3.8) is 0 Å². The number of nitrogens with zero attached hydrogens (tertiary/aromatic N) is 3. The molecule has 0 spiro atoms. The van der Waals surface area contributed by atoms with Crippen molar-refractivity contribution in [2.24, 2.45) is 0 Å². The molecule has 0 aliphatic heterocycles. The monoisotopic (exact) mass is 562 g/mol. The molecular weight excluding hydrogens is 546 g/mol. The molecule has 35 heavy (non-hydrogen) atoms. The fourth-order valence-electron chi connectivity index (χ4n) is 3.56. The van der Waals surface area contributed by atoms with Gasteiger partial charge in [0.15, 0.2) is 5.69 Å². The minimum Gasteiger partial charge on any atom is -0.481 e. The number of esters is 1. The summed E-state index contributed by atoms with van der Waals surface area (Å²) in [5.41, 5.74) is -2.01. The zero-order chi connectivity index (χ0) is 26.5. The molecule has 0 bridgehead atoms. The quantitative estimate of drug-likeness (QED) is 0.212. The highest BCUT2D eigenvalue weighted by Crippen LogP contribution is 3.02. The molecule has 2 aromatic rings. The standard InChI is InChI=1S/C19H17Cl2F5N4O4S/c1-34-18(33)19(4-5-19)15-13(9-27)29-30(17(15)28-6-2-3-14(31)32)16-11(20)7-10(8-12(16)21)35(22,23,24,25)26/h7-8,28H,2-6H2,1H3,(H,31,32). The van der Waals surface area contributed by atoms with E-state index >= 15 is 0 Å². The van der Waals surface area contributed by atoms with Gasteiger partial charge in [0.2, 0.25) is 0 Å². The second kappa shape index (κ2) is 8.14. The molecule has 0 amide bonds. The first-order chi connectivity index (χ1) is 15.9. The van der Waals surface area contributed by atoms with Gasteiger partial charge in [0, 0.05) is 13.0 Å². The van der Waals surface area contributed by atoms with Gasteiger partial charge in [-0.1, -0.05) is 42.6 Å². The van der Waals surface area contributed by atoms with Crippen LogP contribution in [0.4, 0.5) is 25.2 Å². The number of carboxylic acids is 1. The number of aliphatic carboxylic acids is 1. The van der Waals surface area contributed by atoms with Gasteiger partial charge < -0.3 is 15.2 Å². The van der Waals surface area contributed by atoms with Crippen molar-refractivity contribution in [3.8, 4) is 11.8 Å². The van der Waals surface area contributed by atoms with Gasteiger partial charge in [0.25, 0.3) is 0 Å². The van der Waals surface area contributed by atoms with Crippen molar-refractivity contribution >= 4 is 51.2 Å². The first-order valence-electron chi connectivity index (χ1n) is 9.76. The molecule has 8 nitrogen and oxygen atoms in total. The van der Waals surface area contributed by atoms with Crippen LogP contribution in [0.1, 0.15) is 36.9 Å². The SMILES string of the molecule is COC(=O)C1(c2c(C#N)nn(-c3c(Cl)cc(S(F)(F)(F)(F)F)cc3Cl)c2NCCCC(=O)O)CC1. The van der Waals surface area contributed by atoms with Crippen molar-refractivity contribution in [3.05, 3.63) is 33.4 Å². The fraction of sp³-hybridized carbons (Fsp3) is 0.368. The lowest BCUT2D eigenvalue weighted by Gasteiger charge is -2.40. The van der Waals surface area contributed by atoms with E-state index in [1.54, 1.807) is 6.07 Å². The number of halogens is 7. The average molecular weight is 563 g/mol. The summed E-state index contributed by atoms with van der Waals surface area (Å²) in [6.07, 6.45) is 0.352. The Morgan fingerprint density at radius 2 is 1.83 bits per heavy atom. The van der Waals surface area contributed by atoms with E-state index in [0.29, 0.717) is 0 Å². The van der Waals surface area contributed by atoms with Crippen LogP contribution in [0.15, 0.2) is 17.0 Å². The lowest BCUT2D eigenvalue weighted by Crippen LogP contribution is -2.24. The summed E-state index contributed by atoms with van der Waals surface area (Å²) in [6.45, 7) is -0.0219. The van der Waals surface area contributed by atoms with E-state index in [-0.39, 0.29) is 61.4 Å². The highest BCUT2D eigenvalue weighted by atomic mass is 35.5. The van der Waals surface area contributed by atoms with E-state index in [4.69, 9.17) is 33.0 Å². The summed E-state index contributed by atoms with van der Waals surface area (Å²) in [6, 6.07) is 1.79. The number of ether oxygens (including phenoxy) is 1. The molecule has 1 aliphatic rings. The number of carbonyl (C=O) groups is 2. The second-order valence-electron chi connectivity index (χ2n) is 7.80. The normalized spacial score (nSPS) is 16.5. The van der Waals surface area contributed by atoms with Gasteiger partial charge >= 0.3 is 22.2 Å². The topological polar surface area (TPSA) is 117 Å². The predicted molar refractivity (Wildman–Crippen MR) is 118 cm³/mol. The van der Waals surface area contributed by atoms with E-state index in [9.17, 15) is 34.3 Å². The summed E-state index contributed by atoms with van der Waals surface area (Å²) in [5, 5.41) is 23.7. The number of nitriles is 1. The van der Waals surface area contributed by atoms with Crippen LogP contribution in [0.2, 0.25) is 10.0 Å². The third kappa shape index (κ3) is 5.26. The highest BCUT2D eigenvalue weighted by Gasteiger charge is 2.65. The molecule has 1 aromatic heterocycles. The molecule has 0 atom stereocenters. The van der Waals surface area contributed by atoms with Gasteiger partial charge in [-0.25, -0.2) is 4.68 Å². The predicted octanol–water partition coefficient (Wildman–Crippen LogP) is 6.19. The molecular formula is C19H17Cl2F5N4O4S. The number of hydrogen-bond donors (Lipinski definition) is 2. The Morgan fingerprint density at radius 3 is 2.26 bits per heavy atom. The Morgan fingerprint density at radius 1 is 1.26 bits per heavy atom. The van der Waals surface area contributed by atoms with Crippen LogP contribution in [0.3, 0.4) is 0 Å². The molecule has 0 saturated heterocycles. The van der Waals surface area contributed by atoms with Crippen molar-refractivity contribution in [1.29, 1.82) is 5.26 Å². The summed E-state index contributed by atoms with van der Waals surface area (Å²) in [7, 11) is -9.00. The van der Waals surface area contributed by atoms with E-state index in [0.717, 1.165) is 11.8 Å². The third-order valence-electron chi connectivity index (χ3n) is 5.30. The second-order valence-corrected chi connectivity index (χ2v) is 11.0. The number of carboxylic acid groups (broad SMARTS) is 1. The van der Waals surface area contributed by atoms with Gasteiger partial charge in [0.1, 0.15) is 22.5 Å². The number of anilines is 1. The minimum absolute atomic E-state index is 0.000860. The Hall–Kier alpha value is -2.76. The van der Waals surface area contributed by atoms with Crippen LogP contribution in [0, 0.1) is 11.3 Å². The van der Waals surface area contributed by atoms with Crippen molar-refractivity contribution in [2.75, 3.05) is 19.0 Å². The van der Waals surface area contributed by atoms with Crippen molar-refractivity contribution < 1.29 is 38.9 Å². The number of rotatable bonds is 9. The van der Waals surface area contributed by atoms with Crippen molar-refractivity contribution in [1.82, 2.24) is 9.78 Å². The zero-order valence-electron chi connectivity index (χ0n) is 17.8. The number of benzene rings is 1. The largest absolute Gasteiger partial charge is 0.481 e. The molecule has 16 heteroatoms. The molecule has 1 aromatic carbocycles. The smallest absolute Gasteiger partial charge is 0.316 e. The zero-order valence-corrected chi connectivity index (χ0v) is 20.1. The van der Waals surface area contributed by atoms with Crippen LogP contribution >= 0.6 is 33.4 Å². The van der Waals surface area contributed by atoms with Gasteiger partial charge in [0.05, 0.1) is 28.1 Å². The van der Waals surface area contributed by atoms with Gasteiger partial charge in [-0.15, -0.1) is 0 Å². The maximum absolute atomic E-state index is 13.3. The van der Waals surface area contributed by atoms with Crippen LogP contribution in [0.25, 0.3) is 5.69 Å². The molecule has 1 fully saturated rings. The van der Waals surface area contributed by atoms with E-state index in [1.165, 1.54) is 0 Å². The Kier molecular flexibility index (Phi) is 6.24. The van der Waals surface area contributed by atoms with Crippen LogP contribution in [-0.2, 0) is 19.7 Å². The number of hydrogen-bond acceptors (Lipinski definition) is 6. The van der Waals surface area contributed by atoms with Crippen LogP contribution < -0.4 is 5.32 Å². The fourth-order valence-corrected chi connectivity index (χ4v) is 5.02. The Bertz CT molecular complexity index is 1250. The Labute approximate surface area is 205 Å². The molecule has 2 N–H and O–H groups in total. The van der Waals surface area contributed by atoms with E-state index in [2.05, 4.69) is 10.4 Å². The number of aromatic nitrogens is 2. The molecule has 0 unspecified atom stereocenters. The van der Waals surface area contributed by atoms with Crippen LogP contribution in [-0.4, -0.2) is 40.5 Å². The number of methoxy groups -OCH3 is 1. The lowest BCUT2D eigenvalue weighted by atomic mass is 9.95. The maximum atomic E-state index is 13.3. The Balaban J connectivity index is 2.24. The molecule has 1 heterocycles. The van der Waals surface area contributed by atoms with E-state index in [1.807, 2.05) is 0 Å². The summed E-state index contributed by atoms with van der Waals surface area (Å²) >= 11 is 11.9. The molecule has 1 saturated carbocycles. The van der Waals surface area contributed by atoms with Crippen LogP contribution in [0.5, 0.6) is 0 Å². The third-order valence-corrected chi connectivity index (χ3v) is 7.01. The lowest BCUT2D eigenvalue weighted by molar-refractivity contribution is -0.143. The molecule has 192 valence electrons. The number of carbonyl (C=O) groups excluding carboxylic acids is 1. The first-order valence-corrected chi connectivity index (χ1v) is 12.5. The summed E-state index contributed by atoms with van der Waals surface area (Å²) in [4.78, 5) is 21.0. The first kappa shape index (κ1) is 26.8. The van der Waals surface area contributed by atoms with Gasteiger partial charge in [-0.3, -0.25) is 9.59 Å². The summed E-state index contributed by atoms with van der Waals surface area (Å²) < 4.78 is 72.2. The minimum atomic E-state index is -10.1. The average Bonchev–Trinajstić information content (AvgIpc) is 3.44. The van der Waals surface area contributed by atoms with Gasteiger partial charge in [-0.05, 0) is 31.4 Å². The molecule has 0 radical (unpaired) electrons. The maximum Gasteiger partial charge on any atom is 0.316 e. The van der Waals surface area contributed by atoms with Crippen molar-refractivity contribution in [2.45, 2.75) is 36.0 Å². The van der Waals surface area contributed by atoms with E-state index < -0.39 is 48.2 Å². The number of nitrogens with one attached hydrogen (secondary N) is 1. The summed E-state index contributed by atoms with van der Waals surface area (Å²) in [5.74, 6) is -1.88. The highest BCUT2D eigenvalue weighted by molar-refractivity contribution is 8.45. The van der Waals surface area contributed by atoms with Gasteiger partial charge in [-0.2, -0.15) is 10.4 Å². The molecule has 3 rings (SSSR count).